The lowest BCUT2D eigenvalue weighted by atomic mass is 10.2. The Labute approximate surface area is 120 Å². The number of methoxy groups -OCH3 is 1. The van der Waals surface area contributed by atoms with E-state index in [9.17, 15) is 9.90 Å². The van der Waals surface area contributed by atoms with Gasteiger partial charge in [-0.05, 0) is 38.6 Å². The summed E-state index contributed by atoms with van der Waals surface area (Å²) in [5, 5.41) is 12.5. The molecular formula is C15H24N2O3. The molecular weight excluding hydrogens is 256 g/mol. The molecule has 0 spiro atoms. The smallest absolute Gasteiger partial charge is 0.251 e. The minimum Gasteiger partial charge on any atom is -0.504 e. The van der Waals surface area contributed by atoms with Crippen LogP contribution in [-0.4, -0.2) is 49.2 Å². The quantitative estimate of drug-likeness (QED) is 0.800. The van der Waals surface area contributed by atoms with Gasteiger partial charge in [0, 0.05) is 24.7 Å². The first kappa shape index (κ1) is 16.3. The van der Waals surface area contributed by atoms with Crippen molar-refractivity contribution in [1.29, 1.82) is 0 Å². The summed E-state index contributed by atoms with van der Waals surface area (Å²) in [6.07, 6.45) is 1.08. The molecule has 0 aliphatic carbocycles. The Morgan fingerprint density at radius 2 is 2.20 bits per heavy atom. The van der Waals surface area contributed by atoms with Gasteiger partial charge in [-0.15, -0.1) is 0 Å². The predicted molar refractivity (Wildman–Crippen MR) is 79.4 cm³/mol. The van der Waals surface area contributed by atoms with Gasteiger partial charge in [0.25, 0.3) is 5.91 Å². The molecule has 0 aliphatic rings. The van der Waals surface area contributed by atoms with Gasteiger partial charge in [-0.1, -0.05) is 6.92 Å². The molecule has 0 saturated heterocycles. The van der Waals surface area contributed by atoms with E-state index >= 15 is 0 Å². The zero-order valence-corrected chi connectivity index (χ0v) is 12.6. The highest BCUT2D eigenvalue weighted by Crippen LogP contribution is 2.25. The van der Waals surface area contributed by atoms with Crippen LogP contribution in [0.1, 0.15) is 30.6 Å². The van der Waals surface area contributed by atoms with Crippen molar-refractivity contribution in [3.8, 4) is 11.5 Å². The Morgan fingerprint density at radius 1 is 1.50 bits per heavy atom. The highest BCUT2D eigenvalue weighted by Gasteiger charge is 2.10. The number of nitrogens with one attached hydrogen (secondary N) is 1. The van der Waals surface area contributed by atoms with Crippen LogP contribution in [0.15, 0.2) is 18.2 Å². The number of phenols is 1. The first-order valence-electron chi connectivity index (χ1n) is 6.85. The Balaban J connectivity index is 2.49. The van der Waals surface area contributed by atoms with Gasteiger partial charge in [0.15, 0.2) is 11.5 Å². The van der Waals surface area contributed by atoms with Crippen LogP contribution in [0.3, 0.4) is 0 Å². The highest BCUT2D eigenvalue weighted by molar-refractivity contribution is 5.94. The number of likely N-dealkylation sites (N-methyl/N-ethyl adjacent to an activating group) is 1. The number of ether oxygens (including phenoxy) is 1. The number of hydrogen-bond donors (Lipinski definition) is 2. The monoisotopic (exact) mass is 280 g/mol. The molecule has 1 rings (SSSR count). The molecule has 0 aromatic heterocycles. The molecule has 1 atom stereocenters. The van der Waals surface area contributed by atoms with Crippen molar-refractivity contribution < 1.29 is 14.6 Å². The average Bonchev–Trinajstić information content (AvgIpc) is 2.45. The number of nitrogens with zero attached hydrogens (tertiary/aromatic N) is 1. The van der Waals surface area contributed by atoms with Crippen LogP contribution in [0.5, 0.6) is 11.5 Å². The summed E-state index contributed by atoms with van der Waals surface area (Å²) in [5.74, 6) is 0.135. The van der Waals surface area contributed by atoms with Crippen molar-refractivity contribution in [1.82, 2.24) is 10.2 Å². The number of hydrogen-bond acceptors (Lipinski definition) is 4. The Bertz CT molecular complexity index is 449. The van der Waals surface area contributed by atoms with Crippen molar-refractivity contribution in [3.63, 3.8) is 0 Å². The van der Waals surface area contributed by atoms with Gasteiger partial charge in [0.2, 0.25) is 0 Å². The minimum atomic E-state index is -0.194. The zero-order valence-electron chi connectivity index (χ0n) is 12.6. The van der Waals surface area contributed by atoms with Crippen LogP contribution >= 0.6 is 0 Å². The van der Waals surface area contributed by atoms with E-state index in [-0.39, 0.29) is 11.7 Å². The van der Waals surface area contributed by atoms with Crippen molar-refractivity contribution >= 4 is 5.91 Å². The lowest BCUT2D eigenvalue weighted by Crippen LogP contribution is -2.37. The maximum absolute atomic E-state index is 11.9. The third kappa shape index (κ3) is 4.42. The van der Waals surface area contributed by atoms with E-state index in [2.05, 4.69) is 24.1 Å². The average molecular weight is 280 g/mol. The largest absolute Gasteiger partial charge is 0.504 e. The van der Waals surface area contributed by atoms with E-state index in [1.165, 1.54) is 13.2 Å². The Hall–Kier alpha value is -1.75. The normalized spacial score (nSPS) is 12.2. The zero-order chi connectivity index (χ0) is 15.1. The van der Waals surface area contributed by atoms with Crippen molar-refractivity contribution in [3.05, 3.63) is 23.8 Å². The van der Waals surface area contributed by atoms with Crippen LogP contribution in [0.4, 0.5) is 0 Å². The first-order valence-corrected chi connectivity index (χ1v) is 6.85. The molecule has 0 saturated carbocycles. The summed E-state index contributed by atoms with van der Waals surface area (Å²) < 4.78 is 4.94. The second kappa shape index (κ2) is 7.75. The standard InChI is InChI=1S/C15H24N2O3/c1-5-11(2)17(3)9-8-16-15(19)12-6-7-14(20-4)13(18)10-12/h6-7,10-11,18H,5,8-9H2,1-4H3,(H,16,19). The molecule has 0 fully saturated rings. The highest BCUT2D eigenvalue weighted by atomic mass is 16.5. The van der Waals surface area contributed by atoms with Gasteiger partial charge >= 0.3 is 0 Å². The molecule has 0 heterocycles. The van der Waals surface area contributed by atoms with Gasteiger partial charge in [-0.2, -0.15) is 0 Å². The third-order valence-corrected chi connectivity index (χ3v) is 3.53. The van der Waals surface area contributed by atoms with Gasteiger partial charge in [-0.3, -0.25) is 4.79 Å². The third-order valence-electron chi connectivity index (χ3n) is 3.53. The van der Waals surface area contributed by atoms with Gasteiger partial charge in [-0.25, -0.2) is 0 Å². The summed E-state index contributed by atoms with van der Waals surface area (Å²) in [5.41, 5.74) is 0.425. The van der Waals surface area contributed by atoms with Crippen LogP contribution in [0.25, 0.3) is 0 Å². The van der Waals surface area contributed by atoms with E-state index in [0.29, 0.717) is 23.9 Å². The lowest BCUT2D eigenvalue weighted by Gasteiger charge is -2.23. The number of phenolic OH excluding ortho intramolecular Hbond substituents is 1. The SMILES string of the molecule is CCC(C)N(C)CCNC(=O)c1ccc(OC)c(O)c1. The molecule has 20 heavy (non-hydrogen) atoms. The predicted octanol–water partition coefficient (Wildman–Crippen LogP) is 1.86. The number of rotatable bonds is 7. The van der Waals surface area contributed by atoms with E-state index in [0.717, 1.165) is 13.0 Å². The lowest BCUT2D eigenvalue weighted by molar-refractivity contribution is 0.0947. The summed E-state index contributed by atoms with van der Waals surface area (Å²) in [6, 6.07) is 5.12. The van der Waals surface area contributed by atoms with Crippen LogP contribution in [0.2, 0.25) is 0 Å². The van der Waals surface area contributed by atoms with Crippen LogP contribution in [-0.2, 0) is 0 Å². The summed E-state index contributed by atoms with van der Waals surface area (Å²) in [6.45, 7) is 5.67. The van der Waals surface area contributed by atoms with Crippen molar-refractivity contribution in [2.75, 3.05) is 27.2 Å². The molecule has 0 aliphatic heterocycles. The number of amides is 1. The van der Waals surface area contributed by atoms with Gasteiger partial charge in [0.05, 0.1) is 7.11 Å². The molecule has 1 amide bonds. The summed E-state index contributed by atoms with van der Waals surface area (Å²) in [4.78, 5) is 14.1. The molecule has 1 aromatic rings. The number of aromatic hydroxyl groups is 1. The number of carbonyl (C=O) groups is 1. The van der Waals surface area contributed by atoms with Crippen molar-refractivity contribution in [2.45, 2.75) is 26.3 Å². The van der Waals surface area contributed by atoms with E-state index in [1.807, 2.05) is 7.05 Å². The first-order chi connectivity index (χ1) is 9.49. The molecule has 1 unspecified atom stereocenters. The fourth-order valence-corrected chi connectivity index (χ4v) is 1.81. The van der Waals surface area contributed by atoms with E-state index in [1.54, 1.807) is 12.1 Å². The van der Waals surface area contributed by atoms with E-state index in [4.69, 9.17) is 4.74 Å². The summed E-state index contributed by atoms with van der Waals surface area (Å²) in [7, 11) is 3.51. The van der Waals surface area contributed by atoms with Crippen molar-refractivity contribution in [2.24, 2.45) is 0 Å². The Kier molecular flexibility index (Phi) is 6.31. The molecule has 112 valence electrons. The Morgan fingerprint density at radius 3 is 2.75 bits per heavy atom. The van der Waals surface area contributed by atoms with Crippen LogP contribution < -0.4 is 10.1 Å². The van der Waals surface area contributed by atoms with Crippen LogP contribution in [0, 0.1) is 0 Å². The van der Waals surface area contributed by atoms with E-state index < -0.39 is 0 Å². The summed E-state index contributed by atoms with van der Waals surface area (Å²) >= 11 is 0. The maximum Gasteiger partial charge on any atom is 0.251 e. The maximum atomic E-state index is 11.9. The second-order valence-corrected chi connectivity index (χ2v) is 4.88. The molecule has 0 bridgehead atoms. The van der Waals surface area contributed by atoms with Gasteiger partial charge in [0.1, 0.15) is 0 Å². The molecule has 5 heteroatoms. The molecule has 5 nitrogen and oxygen atoms in total. The minimum absolute atomic E-state index is 0.0307. The van der Waals surface area contributed by atoms with Gasteiger partial charge < -0.3 is 20.1 Å². The molecule has 0 radical (unpaired) electrons. The second-order valence-electron chi connectivity index (χ2n) is 4.88. The molecule has 1 aromatic carbocycles. The number of carbonyl (C=O) groups excluding carboxylic acids is 1. The molecule has 2 N–H and O–H groups in total. The fraction of sp³-hybridized carbons (Fsp3) is 0.533. The number of benzene rings is 1. The fourth-order valence-electron chi connectivity index (χ4n) is 1.81. The topological polar surface area (TPSA) is 61.8 Å².